The normalized spacial score (nSPS) is 11.7. The van der Waals surface area contributed by atoms with Crippen LogP contribution in [0.4, 0.5) is 27.4 Å². The number of aromatic nitrogens is 2. The molecule has 0 aliphatic carbocycles. The van der Waals surface area contributed by atoms with Crippen LogP contribution in [0, 0.1) is 12.7 Å². The number of sulfonamides is 1. The number of rotatable bonds is 18. The summed E-state index contributed by atoms with van der Waals surface area (Å²) in [5.41, 5.74) is 5.05. The van der Waals surface area contributed by atoms with E-state index in [1.54, 1.807) is 43.6 Å². The van der Waals surface area contributed by atoms with Crippen molar-refractivity contribution >= 4 is 49.8 Å². The van der Waals surface area contributed by atoms with Crippen molar-refractivity contribution in [2.24, 2.45) is 0 Å². The van der Waals surface area contributed by atoms with Crippen molar-refractivity contribution < 1.29 is 41.3 Å². The van der Waals surface area contributed by atoms with Gasteiger partial charge in [-0.25, -0.2) is 22.8 Å². The lowest BCUT2D eigenvalue weighted by atomic mass is 9.86. The van der Waals surface area contributed by atoms with Gasteiger partial charge in [-0.05, 0) is 77.1 Å². The Morgan fingerprint density at radius 3 is 2.27 bits per heavy atom. The van der Waals surface area contributed by atoms with Crippen LogP contribution in [-0.4, -0.2) is 84.4 Å². The van der Waals surface area contributed by atoms with Crippen LogP contribution in [0.3, 0.4) is 0 Å². The molecule has 3 N–H and O–H groups in total. The van der Waals surface area contributed by atoms with Gasteiger partial charge in [-0.15, -0.1) is 0 Å². The molecule has 0 atom stereocenters. The van der Waals surface area contributed by atoms with E-state index >= 15 is 0 Å². The molecule has 0 saturated heterocycles. The van der Waals surface area contributed by atoms with Crippen molar-refractivity contribution in [2.45, 2.75) is 33.1 Å². The van der Waals surface area contributed by atoms with Crippen molar-refractivity contribution in [1.82, 2.24) is 9.97 Å². The monoisotopic (exact) mass is 789 g/mol. The average molecular weight is 790 g/mol. The number of nitrogens with zero attached hydrogens (tertiary/aromatic N) is 2. The molecule has 0 aliphatic heterocycles. The van der Waals surface area contributed by atoms with Gasteiger partial charge in [0.05, 0.1) is 63.3 Å². The summed E-state index contributed by atoms with van der Waals surface area (Å²) in [5.74, 6) is -0.0965. The first kappa shape index (κ1) is 41.8. The minimum absolute atomic E-state index is 0.191. The summed E-state index contributed by atoms with van der Waals surface area (Å²) in [5, 5.41) is 6.74. The van der Waals surface area contributed by atoms with Crippen LogP contribution < -0.4 is 24.8 Å². The summed E-state index contributed by atoms with van der Waals surface area (Å²) < 4.78 is 68.4. The Bertz CT molecular complexity index is 2280. The standard InChI is InChI=1S/C41H48FN5O8S/c1-26-8-9-28(39(48)45-36-20-30(41(2,3)4)21-37(38(36)52-6)47-56(7,49)50)19-34(26)27-10-11-35-29(18-27)25-43-40(46-35)44-32-22-31(42)23-33(24-32)55-17-16-54-15-14-53-13-12-51-5/h8-11,18-25,47H,12-17H2,1-7H3,(H,45,48)(H,43,44,46). The molecular weight excluding hydrogens is 742 g/mol. The zero-order valence-corrected chi connectivity index (χ0v) is 33.4. The summed E-state index contributed by atoms with van der Waals surface area (Å²) in [4.78, 5) is 22.8. The minimum atomic E-state index is -3.64. The maximum Gasteiger partial charge on any atom is 0.255 e. The van der Waals surface area contributed by atoms with Gasteiger partial charge in [0.25, 0.3) is 5.91 Å². The third-order valence-electron chi connectivity index (χ3n) is 8.52. The summed E-state index contributed by atoms with van der Waals surface area (Å²) >= 11 is 0. The zero-order valence-electron chi connectivity index (χ0n) is 32.6. The Morgan fingerprint density at radius 1 is 0.857 bits per heavy atom. The number of anilines is 4. The van der Waals surface area contributed by atoms with Gasteiger partial charge in [0.15, 0.2) is 5.75 Å². The molecule has 56 heavy (non-hydrogen) atoms. The highest BCUT2D eigenvalue weighted by molar-refractivity contribution is 7.92. The SMILES string of the molecule is COCCOCCOCCOc1cc(F)cc(Nc2ncc3cc(-c4cc(C(=O)Nc5cc(C(C)(C)C)cc(NS(C)(=O)=O)c5OC)ccc4C)ccc3n2)c1. The topological polar surface area (TPSA) is 159 Å². The maximum atomic E-state index is 14.5. The number of ether oxygens (including phenoxy) is 5. The minimum Gasteiger partial charge on any atom is -0.492 e. The summed E-state index contributed by atoms with van der Waals surface area (Å²) in [6.07, 6.45) is 2.73. The van der Waals surface area contributed by atoms with Crippen LogP contribution in [0.15, 0.2) is 72.9 Å². The molecule has 13 nitrogen and oxygen atoms in total. The Balaban J connectivity index is 1.29. The summed E-state index contributed by atoms with van der Waals surface area (Å²) in [6, 6.07) is 18.8. The zero-order chi connectivity index (χ0) is 40.5. The molecule has 1 aromatic heterocycles. The van der Waals surface area contributed by atoms with E-state index in [0.717, 1.165) is 33.9 Å². The number of hydrogen-bond donors (Lipinski definition) is 3. The first-order valence-corrected chi connectivity index (χ1v) is 19.8. The number of aryl methyl sites for hydroxylation is 1. The Kier molecular flexibility index (Phi) is 13.8. The van der Waals surface area contributed by atoms with Crippen LogP contribution in [0.25, 0.3) is 22.0 Å². The molecule has 5 rings (SSSR count). The fourth-order valence-electron chi connectivity index (χ4n) is 5.71. The van der Waals surface area contributed by atoms with Crippen LogP contribution in [0.1, 0.15) is 42.3 Å². The Labute approximate surface area is 327 Å². The first-order valence-electron chi connectivity index (χ1n) is 17.9. The third-order valence-corrected chi connectivity index (χ3v) is 9.11. The quantitative estimate of drug-likeness (QED) is 0.0756. The van der Waals surface area contributed by atoms with Crippen molar-refractivity contribution in [2.75, 3.05) is 75.5 Å². The highest BCUT2D eigenvalue weighted by Crippen LogP contribution is 2.39. The van der Waals surface area contributed by atoms with Gasteiger partial charge < -0.3 is 34.3 Å². The number of carbonyl (C=O) groups excluding carboxylic acids is 1. The Hall–Kier alpha value is -5.35. The number of benzene rings is 4. The van der Waals surface area contributed by atoms with E-state index in [9.17, 15) is 17.6 Å². The molecule has 298 valence electrons. The van der Waals surface area contributed by atoms with Gasteiger partial charge in [0.2, 0.25) is 16.0 Å². The van der Waals surface area contributed by atoms with Crippen molar-refractivity contribution in [3.63, 3.8) is 0 Å². The smallest absolute Gasteiger partial charge is 0.255 e. The predicted molar refractivity (Wildman–Crippen MR) is 217 cm³/mol. The first-order chi connectivity index (χ1) is 26.6. The fraction of sp³-hybridized carbons (Fsp3) is 0.341. The number of methoxy groups -OCH3 is 2. The summed E-state index contributed by atoms with van der Waals surface area (Å²) in [7, 11) is -0.610. The van der Waals surface area contributed by atoms with E-state index in [4.69, 9.17) is 23.7 Å². The number of hydrogen-bond acceptors (Lipinski definition) is 11. The van der Waals surface area contributed by atoms with E-state index in [0.29, 0.717) is 61.2 Å². The van der Waals surface area contributed by atoms with Crippen molar-refractivity contribution in [1.29, 1.82) is 0 Å². The van der Waals surface area contributed by atoms with E-state index < -0.39 is 21.7 Å². The van der Waals surface area contributed by atoms with Crippen LogP contribution in [0.2, 0.25) is 0 Å². The van der Waals surface area contributed by atoms with E-state index in [-0.39, 0.29) is 29.4 Å². The molecule has 4 aromatic carbocycles. The third kappa shape index (κ3) is 11.6. The Morgan fingerprint density at radius 2 is 1.57 bits per heavy atom. The molecule has 15 heteroatoms. The van der Waals surface area contributed by atoms with Gasteiger partial charge in [-0.2, -0.15) is 0 Å². The number of fused-ring (bicyclic) bond motifs is 1. The molecule has 0 radical (unpaired) electrons. The lowest BCUT2D eigenvalue weighted by molar-refractivity contribution is 0.0179. The number of amides is 1. The highest BCUT2D eigenvalue weighted by atomic mass is 32.2. The molecule has 0 aliphatic rings. The van der Waals surface area contributed by atoms with Crippen molar-refractivity contribution in [3.05, 3.63) is 95.4 Å². The van der Waals surface area contributed by atoms with E-state index in [2.05, 4.69) is 25.3 Å². The maximum absolute atomic E-state index is 14.5. The number of nitrogens with one attached hydrogen (secondary N) is 3. The van der Waals surface area contributed by atoms with Gasteiger partial charge >= 0.3 is 0 Å². The molecule has 5 aromatic rings. The summed E-state index contributed by atoms with van der Waals surface area (Å²) in [6.45, 7) is 10.3. The average Bonchev–Trinajstić information content (AvgIpc) is 3.13. The molecule has 0 bridgehead atoms. The van der Waals surface area contributed by atoms with Crippen LogP contribution >= 0.6 is 0 Å². The van der Waals surface area contributed by atoms with E-state index in [1.807, 2.05) is 52.0 Å². The van der Waals surface area contributed by atoms with Gasteiger partial charge in [0.1, 0.15) is 18.2 Å². The van der Waals surface area contributed by atoms with Gasteiger partial charge in [-0.1, -0.05) is 32.9 Å². The lowest BCUT2D eigenvalue weighted by Gasteiger charge is -2.24. The second kappa shape index (κ2) is 18.5. The number of halogens is 1. The highest BCUT2D eigenvalue weighted by Gasteiger charge is 2.23. The lowest BCUT2D eigenvalue weighted by Crippen LogP contribution is -2.18. The van der Waals surface area contributed by atoms with Crippen LogP contribution in [0.5, 0.6) is 11.5 Å². The molecule has 1 heterocycles. The largest absolute Gasteiger partial charge is 0.492 e. The van der Waals surface area contributed by atoms with Crippen LogP contribution in [-0.2, 0) is 29.6 Å². The molecular formula is C41H48FN5O8S. The van der Waals surface area contributed by atoms with Gasteiger partial charge in [0, 0.05) is 42.1 Å². The molecule has 0 fully saturated rings. The van der Waals surface area contributed by atoms with Gasteiger partial charge in [-0.3, -0.25) is 9.52 Å². The molecule has 1 amide bonds. The fourth-order valence-corrected chi connectivity index (χ4v) is 6.26. The van der Waals surface area contributed by atoms with E-state index in [1.165, 1.54) is 19.2 Å². The second-order valence-electron chi connectivity index (χ2n) is 14.0. The van der Waals surface area contributed by atoms with Crippen molar-refractivity contribution in [3.8, 4) is 22.6 Å². The number of carbonyl (C=O) groups is 1. The molecule has 0 unspecified atom stereocenters. The predicted octanol–water partition coefficient (Wildman–Crippen LogP) is 7.48. The molecule has 0 saturated carbocycles. The second-order valence-corrected chi connectivity index (χ2v) is 15.8. The molecule has 0 spiro atoms.